The molecule has 6 nitrogen and oxygen atoms in total. The molecule has 3 rings (SSSR count). The van der Waals surface area contributed by atoms with Crippen molar-refractivity contribution in [3.63, 3.8) is 0 Å². The fourth-order valence-corrected chi connectivity index (χ4v) is 2.40. The third-order valence-electron chi connectivity index (χ3n) is 3.37. The molecule has 0 aromatic carbocycles. The van der Waals surface area contributed by atoms with Crippen molar-refractivity contribution in [3.8, 4) is 0 Å². The number of imidazole rings is 1. The standard InChI is InChI=1S/C12H16N4O2/c1-2-9-11-12(14-6-13-9)16(7-15-11)10-4-3-8(5-17)18-10/h6-8,10,17H,2-5H2,1H3. The molecule has 2 atom stereocenters. The monoisotopic (exact) mass is 248 g/mol. The molecule has 1 N–H and O–H groups in total. The molecule has 2 aromatic rings. The van der Waals surface area contributed by atoms with Gasteiger partial charge in [0.15, 0.2) is 5.65 Å². The molecule has 6 heteroatoms. The minimum Gasteiger partial charge on any atom is -0.394 e. The molecule has 1 aliphatic rings. The van der Waals surface area contributed by atoms with Crippen molar-refractivity contribution in [3.05, 3.63) is 18.3 Å². The van der Waals surface area contributed by atoms with Gasteiger partial charge in [0.1, 0.15) is 18.1 Å². The molecule has 1 aliphatic heterocycles. The van der Waals surface area contributed by atoms with Crippen LogP contribution in [-0.2, 0) is 11.2 Å². The van der Waals surface area contributed by atoms with Gasteiger partial charge in [-0.2, -0.15) is 0 Å². The van der Waals surface area contributed by atoms with Crippen LogP contribution in [0.5, 0.6) is 0 Å². The van der Waals surface area contributed by atoms with Crippen LogP contribution < -0.4 is 0 Å². The molecule has 0 saturated carbocycles. The highest BCUT2D eigenvalue weighted by Gasteiger charge is 2.27. The minimum atomic E-state index is -0.0771. The number of hydrogen-bond acceptors (Lipinski definition) is 5. The Morgan fingerprint density at radius 3 is 3.00 bits per heavy atom. The van der Waals surface area contributed by atoms with Crippen molar-refractivity contribution in [1.82, 2.24) is 19.5 Å². The Balaban J connectivity index is 1.98. The van der Waals surface area contributed by atoms with E-state index in [4.69, 9.17) is 9.84 Å². The van der Waals surface area contributed by atoms with Crippen LogP contribution in [0.3, 0.4) is 0 Å². The van der Waals surface area contributed by atoms with Crippen molar-refractivity contribution < 1.29 is 9.84 Å². The zero-order chi connectivity index (χ0) is 12.5. The van der Waals surface area contributed by atoms with Crippen molar-refractivity contribution in [2.75, 3.05) is 6.61 Å². The fraction of sp³-hybridized carbons (Fsp3) is 0.583. The van der Waals surface area contributed by atoms with E-state index in [1.165, 1.54) is 0 Å². The minimum absolute atomic E-state index is 0.0678. The maximum absolute atomic E-state index is 9.10. The van der Waals surface area contributed by atoms with E-state index >= 15 is 0 Å². The second-order valence-corrected chi connectivity index (χ2v) is 4.47. The van der Waals surface area contributed by atoms with Crippen LogP contribution in [0.1, 0.15) is 31.7 Å². The first-order valence-electron chi connectivity index (χ1n) is 6.26. The third-order valence-corrected chi connectivity index (χ3v) is 3.37. The molecule has 3 heterocycles. The van der Waals surface area contributed by atoms with E-state index in [1.54, 1.807) is 12.7 Å². The maximum atomic E-state index is 9.10. The zero-order valence-electron chi connectivity index (χ0n) is 10.3. The molecule has 18 heavy (non-hydrogen) atoms. The van der Waals surface area contributed by atoms with Crippen molar-refractivity contribution in [2.45, 2.75) is 38.5 Å². The molecule has 0 amide bonds. The number of aryl methyl sites for hydroxylation is 1. The molecule has 0 radical (unpaired) electrons. The molecule has 0 aliphatic carbocycles. The van der Waals surface area contributed by atoms with Gasteiger partial charge in [-0.1, -0.05) is 6.92 Å². The molecule has 2 unspecified atom stereocenters. The Morgan fingerprint density at radius 1 is 1.39 bits per heavy atom. The molecule has 1 fully saturated rings. The van der Waals surface area contributed by atoms with E-state index in [2.05, 4.69) is 21.9 Å². The van der Waals surface area contributed by atoms with Crippen LogP contribution in [0.15, 0.2) is 12.7 Å². The average molecular weight is 248 g/mol. The largest absolute Gasteiger partial charge is 0.394 e. The predicted octanol–water partition coefficient (Wildman–Crippen LogP) is 1.06. The topological polar surface area (TPSA) is 73.1 Å². The van der Waals surface area contributed by atoms with Gasteiger partial charge in [0, 0.05) is 0 Å². The molecule has 2 aromatic heterocycles. The predicted molar refractivity (Wildman–Crippen MR) is 64.9 cm³/mol. The lowest BCUT2D eigenvalue weighted by Gasteiger charge is -2.13. The van der Waals surface area contributed by atoms with E-state index in [0.717, 1.165) is 36.1 Å². The molecule has 0 spiro atoms. The first-order chi connectivity index (χ1) is 8.83. The van der Waals surface area contributed by atoms with E-state index in [9.17, 15) is 0 Å². The molecular formula is C12H16N4O2. The smallest absolute Gasteiger partial charge is 0.165 e. The number of fused-ring (bicyclic) bond motifs is 1. The van der Waals surface area contributed by atoms with Gasteiger partial charge >= 0.3 is 0 Å². The summed E-state index contributed by atoms with van der Waals surface area (Å²) in [6.45, 7) is 2.12. The summed E-state index contributed by atoms with van der Waals surface area (Å²) in [5.74, 6) is 0. The zero-order valence-corrected chi connectivity index (χ0v) is 10.3. The SMILES string of the molecule is CCc1ncnc2c1ncn2C1CCC(CO)O1. The Hall–Kier alpha value is -1.53. The highest BCUT2D eigenvalue weighted by atomic mass is 16.5. The summed E-state index contributed by atoms with van der Waals surface area (Å²) in [7, 11) is 0. The van der Waals surface area contributed by atoms with Crippen molar-refractivity contribution >= 4 is 11.2 Å². The summed E-state index contributed by atoms with van der Waals surface area (Å²) < 4.78 is 7.69. The van der Waals surface area contributed by atoms with Gasteiger partial charge in [0.2, 0.25) is 0 Å². The van der Waals surface area contributed by atoms with E-state index in [-0.39, 0.29) is 18.9 Å². The molecular weight excluding hydrogens is 232 g/mol. The Bertz CT molecular complexity index is 554. The number of rotatable bonds is 3. The second-order valence-electron chi connectivity index (χ2n) is 4.47. The lowest BCUT2D eigenvalue weighted by atomic mass is 10.2. The summed E-state index contributed by atoms with van der Waals surface area (Å²) in [4.78, 5) is 12.9. The number of aliphatic hydroxyl groups is 1. The van der Waals surface area contributed by atoms with E-state index in [0.29, 0.717) is 0 Å². The number of aliphatic hydroxyl groups excluding tert-OH is 1. The van der Waals surface area contributed by atoms with Crippen LogP contribution >= 0.6 is 0 Å². The lowest BCUT2D eigenvalue weighted by Crippen LogP contribution is -2.14. The van der Waals surface area contributed by atoms with Crippen LogP contribution in [-0.4, -0.2) is 37.3 Å². The first kappa shape index (κ1) is 11.6. The Labute approximate surface area is 105 Å². The average Bonchev–Trinajstić information content (AvgIpc) is 3.03. The molecule has 0 bridgehead atoms. The summed E-state index contributed by atoms with van der Waals surface area (Å²) in [5.41, 5.74) is 2.61. The van der Waals surface area contributed by atoms with Crippen LogP contribution in [0, 0.1) is 0 Å². The maximum Gasteiger partial charge on any atom is 0.165 e. The first-order valence-corrected chi connectivity index (χ1v) is 6.26. The van der Waals surface area contributed by atoms with Crippen LogP contribution in [0.2, 0.25) is 0 Å². The highest BCUT2D eigenvalue weighted by molar-refractivity contribution is 5.73. The lowest BCUT2D eigenvalue weighted by molar-refractivity contribution is -0.0207. The summed E-state index contributed by atoms with van der Waals surface area (Å²) in [6.07, 6.45) is 5.75. The normalized spacial score (nSPS) is 23.9. The van der Waals surface area contributed by atoms with Gasteiger partial charge in [-0.25, -0.2) is 15.0 Å². The highest BCUT2D eigenvalue weighted by Crippen LogP contribution is 2.30. The summed E-state index contributed by atoms with van der Waals surface area (Å²) >= 11 is 0. The van der Waals surface area contributed by atoms with E-state index < -0.39 is 0 Å². The van der Waals surface area contributed by atoms with Gasteiger partial charge < -0.3 is 9.84 Å². The third kappa shape index (κ3) is 1.77. The fourth-order valence-electron chi connectivity index (χ4n) is 2.40. The van der Waals surface area contributed by atoms with Crippen molar-refractivity contribution in [1.29, 1.82) is 0 Å². The number of nitrogens with zero attached hydrogens (tertiary/aromatic N) is 4. The molecule has 1 saturated heterocycles. The number of hydrogen-bond donors (Lipinski definition) is 1. The summed E-state index contributed by atoms with van der Waals surface area (Å²) in [6, 6.07) is 0. The van der Waals surface area contributed by atoms with Gasteiger partial charge in [0.25, 0.3) is 0 Å². The van der Waals surface area contributed by atoms with E-state index in [1.807, 2.05) is 4.57 Å². The quantitative estimate of drug-likeness (QED) is 0.879. The number of aromatic nitrogens is 4. The van der Waals surface area contributed by atoms with Crippen molar-refractivity contribution in [2.24, 2.45) is 0 Å². The Kier molecular flexibility index (Phi) is 2.97. The van der Waals surface area contributed by atoms with Gasteiger partial charge in [-0.15, -0.1) is 0 Å². The second kappa shape index (κ2) is 4.62. The number of ether oxygens (including phenoxy) is 1. The summed E-state index contributed by atoms with van der Waals surface area (Å²) in [5, 5.41) is 9.10. The van der Waals surface area contributed by atoms with Gasteiger partial charge in [-0.3, -0.25) is 4.57 Å². The molecule has 96 valence electrons. The van der Waals surface area contributed by atoms with Crippen LogP contribution in [0.25, 0.3) is 11.2 Å². The Morgan fingerprint density at radius 2 is 2.28 bits per heavy atom. The van der Waals surface area contributed by atoms with Crippen LogP contribution in [0.4, 0.5) is 0 Å². The van der Waals surface area contributed by atoms with Gasteiger partial charge in [0.05, 0.1) is 24.7 Å². The van der Waals surface area contributed by atoms with Gasteiger partial charge in [-0.05, 0) is 19.3 Å².